The Hall–Kier alpha value is -3.65. The van der Waals surface area contributed by atoms with Crippen molar-refractivity contribution in [3.63, 3.8) is 0 Å². The second kappa shape index (κ2) is 9.92. The molecule has 35 heavy (non-hydrogen) atoms. The van der Waals surface area contributed by atoms with Crippen LogP contribution in [0.1, 0.15) is 50.2 Å². The van der Waals surface area contributed by atoms with Gasteiger partial charge < -0.3 is 10.2 Å². The number of likely N-dealkylation sites (tertiary alicyclic amines) is 1. The molecule has 3 aromatic rings. The Balaban J connectivity index is 1.47. The number of anilines is 2. The molecule has 3 aromatic carbocycles. The number of carbonyl (C=O) groups excluding carboxylic acids is 2. The standard InChI is InChI=1S/C27H29N3O4S/c1-18-9-10-19(2)25(17-18)35(33,34)29-22-13-11-21(12-14-22)26(31)28-24-8-6-7-23(20(24)3)27(32)30-15-4-5-16-30/h6-14,17,29H,4-5,15-16H2,1-3H3,(H,28,31). The van der Waals surface area contributed by atoms with Crippen LogP contribution in [0.2, 0.25) is 0 Å². The number of nitrogens with one attached hydrogen (secondary N) is 2. The van der Waals surface area contributed by atoms with Gasteiger partial charge in [-0.2, -0.15) is 0 Å². The molecule has 4 rings (SSSR count). The number of amides is 2. The Morgan fingerprint density at radius 1 is 0.886 bits per heavy atom. The minimum atomic E-state index is -3.76. The minimum Gasteiger partial charge on any atom is -0.339 e. The maximum atomic E-state index is 12.9. The number of benzene rings is 3. The molecule has 2 N–H and O–H groups in total. The fraction of sp³-hybridized carbons (Fsp3) is 0.259. The van der Waals surface area contributed by atoms with Crippen molar-refractivity contribution >= 4 is 33.2 Å². The number of hydrogen-bond donors (Lipinski definition) is 2. The number of aryl methyl sites for hydroxylation is 2. The summed E-state index contributed by atoms with van der Waals surface area (Å²) in [5, 5.41) is 2.87. The van der Waals surface area contributed by atoms with E-state index in [9.17, 15) is 18.0 Å². The van der Waals surface area contributed by atoms with E-state index in [4.69, 9.17) is 0 Å². The summed E-state index contributed by atoms with van der Waals surface area (Å²) in [6.07, 6.45) is 2.02. The fourth-order valence-electron chi connectivity index (χ4n) is 4.18. The molecule has 0 aliphatic carbocycles. The number of nitrogens with zero attached hydrogens (tertiary/aromatic N) is 1. The van der Waals surface area contributed by atoms with Crippen LogP contribution in [0.4, 0.5) is 11.4 Å². The first-order valence-electron chi connectivity index (χ1n) is 11.6. The van der Waals surface area contributed by atoms with Crippen molar-refractivity contribution < 1.29 is 18.0 Å². The molecule has 8 heteroatoms. The molecule has 0 aromatic heterocycles. The minimum absolute atomic E-state index is 0.0171. The zero-order chi connectivity index (χ0) is 25.2. The summed E-state index contributed by atoms with van der Waals surface area (Å²) >= 11 is 0. The maximum absolute atomic E-state index is 12.9. The van der Waals surface area contributed by atoms with Gasteiger partial charge in [0.2, 0.25) is 0 Å². The summed E-state index contributed by atoms with van der Waals surface area (Å²) in [7, 11) is -3.76. The van der Waals surface area contributed by atoms with E-state index in [-0.39, 0.29) is 16.7 Å². The van der Waals surface area contributed by atoms with Gasteiger partial charge in [0.05, 0.1) is 4.90 Å². The average Bonchev–Trinajstić information content (AvgIpc) is 3.37. The molecule has 0 spiro atoms. The van der Waals surface area contributed by atoms with Crippen molar-refractivity contribution in [1.82, 2.24) is 4.90 Å². The molecule has 1 heterocycles. The van der Waals surface area contributed by atoms with Gasteiger partial charge in [-0.25, -0.2) is 8.42 Å². The van der Waals surface area contributed by atoms with E-state index >= 15 is 0 Å². The van der Waals surface area contributed by atoms with Gasteiger partial charge in [0.25, 0.3) is 21.8 Å². The second-order valence-corrected chi connectivity index (χ2v) is 10.5. The first-order valence-corrected chi connectivity index (χ1v) is 13.0. The SMILES string of the molecule is Cc1ccc(C)c(S(=O)(=O)Nc2ccc(C(=O)Nc3cccc(C(=O)N4CCCC4)c3C)cc2)c1. The van der Waals surface area contributed by atoms with Crippen molar-refractivity contribution in [2.45, 2.75) is 38.5 Å². The van der Waals surface area contributed by atoms with E-state index in [1.165, 1.54) is 0 Å². The summed E-state index contributed by atoms with van der Waals surface area (Å²) in [5.74, 6) is -0.362. The van der Waals surface area contributed by atoms with Gasteiger partial charge >= 0.3 is 0 Å². The highest BCUT2D eigenvalue weighted by Gasteiger charge is 2.22. The van der Waals surface area contributed by atoms with Crippen LogP contribution in [-0.4, -0.2) is 38.2 Å². The van der Waals surface area contributed by atoms with Crippen molar-refractivity contribution in [2.24, 2.45) is 0 Å². The van der Waals surface area contributed by atoms with Crippen molar-refractivity contribution in [1.29, 1.82) is 0 Å². The molecule has 182 valence electrons. The van der Waals surface area contributed by atoms with Crippen molar-refractivity contribution in [3.05, 3.63) is 88.5 Å². The normalized spacial score (nSPS) is 13.5. The molecule has 1 fully saturated rings. The lowest BCUT2D eigenvalue weighted by molar-refractivity contribution is 0.0791. The summed E-state index contributed by atoms with van der Waals surface area (Å²) in [5.41, 5.74) is 4.10. The molecule has 0 bridgehead atoms. The quantitative estimate of drug-likeness (QED) is 0.513. The van der Waals surface area contributed by atoms with Gasteiger partial charge in [-0.05, 0) is 92.8 Å². The van der Waals surface area contributed by atoms with E-state index in [1.807, 2.05) is 24.8 Å². The Labute approximate surface area is 206 Å². The fourth-order valence-corrected chi connectivity index (χ4v) is 5.57. The summed E-state index contributed by atoms with van der Waals surface area (Å²) in [6.45, 7) is 6.93. The van der Waals surface area contributed by atoms with Crippen molar-refractivity contribution in [3.8, 4) is 0 Å². The highest BCUT2D eigenvalue weighted by atomic mass is 32.2. The summed E-state index contributed by atoms with van der Waals surface area (Å²) in [4.78, 5) is 27.7. The molecule has 7 nitrogen and oxygen atoms in total. The molecular formula is C27H29N3O4S. The van der Waals surface area contributed by atoms with Crippen LogP contribution in [0.15, 0.2) is 65.6 Å². The molecule has 0 radical (unpaired) electrons. The molecule has 1 aliphatic heterocycles. The summed E-state index contributed by atoms with van der Waals surface area (Å²) in [6, 6.07) is 16.8. The smallest absolute Gasteiger partial charge is 0.262 e. The Morgan fingerprint density at radius 3 is 2.26 bits per heavy atom. The van der Waals surface area contributed by atoms with E-state index in [0.29, 0.717) is 28.1 Å². The van der Waals surface area contributed by atoms with Gasteiger partial charge in [-0.15, -0.1) is 0 Å². The number of carbonyl (C=O) groups is 2. The lowest BCUT2D eigenvalue weighted by atomic mass is 10.0. The van der Waals surface area contributed by atoms with Gasteiger partial charge in [0, 0.05) is 35.6 Å². The van der Waals surface area contributed by atoms with Crippen LogP contribution in [0, 0.1) is 20.8 Å². The van der Waals surface area contributed by atoms with Crippen LogP contribution in [0.3, 0.4) is 0 Å². The van der Waals surface area contributed by atoms with Crippen LogP contribution in [0.5, 0.6) is 0 Å². The van der Waals surface area contributed by atoms with E-state index in [2.05, 4.69) is 10.0 Å². The van der Waals surface area contributed by atoms with Crippen LogP contribution < -0.4 is 10.0 Å². The molecule has 0 unspecified atom stereocenters. The monoisotopic (exact) mass is 491 g/mol. The van der Waals surface area contributed by atoms with Crippen molar-refractivity contribution in [2.75, 3.05) is 23.1 Å². The largest absolute Gasteiger partial charge is 0.339 e. The maximum Gasteiger partial charge on any atom is 0.262 e. The third-order valence-electron chi connectivity index (χ3n) is 6.24. The number of rotatable bonds is 6. The number of sulfonamides is 1. The third kappa shape index (κ3) is 5.38. The van der Waals surface area contributed by atoms with Gasteiger partial charge in [0.1, 0.15) is 0 Å². The highest BCUT2D eigenvalue weighted by molar-refractivity contribution is 7.92. The van der Waals surface area contributed by atoms with E-state index in [0.717, 1.165) is 37.1 Å². The predicted molar refractivity (Wildman–Crippen MR) is 137 cm³/mol. The lowest BCUT2D eigenvalue weighted by Crippen LogP contribution is -2.28. The zero-order valence-electron chi connectivity index (χ0n) is 20.1. The molecule has 1 aliphatic rings. The molecule has 2 amide bonds. The van der Waals surface area contributed by atoms with Crippen LogP contribution >= 0.6 is 0 Å². The third-order valence-corrected chi connectivity index (χ3v) is 7.76. The molecular weight excluding hydrogens is 462 g/mol. The number of hydrogen-bond acceptors (Lipinski definition) is 4. The van der Waals surface area contributed by atoms with Gasteiger partial charge in [-0.3, -0.25) is 14.3 Å². The zero-order valence-corrected chi connectivity index (χ0v) is 20.9. The van der Waals surface area contributed by atoms with Gasteiger partial charge in [0.15, 0.2) is 0 Å². The molecule has 0 saturated carbocycles. The van der Waals surface area contributed by atoms with E-state index in [1.54, 1.807) is 61.5 Å². The first kappa shape index (κ1) is 24.5. The van der Waals surface area contributed by atoms with Crippen LogP contribution in [0.25, 0.3) is 0 Å². The summed E-state index contributed by atoms with van der Waals surface area (Å²) < 4.78 is 28.2. The topological polar surface area (TPSA) is 95.6 Å². The first-order chi connectivity index (χ1) is 16.7. The Bertz CT molecular complexity index is 1380. The second-order valence-electron chi connectivity index (χ2n) is 8.88. The Kier molecular flexibility index (Phi) is 6.93. The van der Waals surface area contributed by atoms with Crippen LogP contribution in [-0.2, 0) is 10.0 Å². The lowest BCUT2D eigenvalue weighted by Gasteiger charge is -2.18. The van der Waals surface area contributed by atoms with E-state index < -0.39 is 10.0 Å². The Morgan fingerprint density at radius 2 is 1.57 bits per heavy atom. The predicted octanol–water partition coefficient (Wildman–Crippen LogP) is 4.90. The molecule has 0 atom stereocenters. The highest BCUT2D eigenvalue weighted by Crippen LogP contribution is 2.24. The molecule has 1 saturated heterocycles. The van der Waals surface area contributed by atoms with Gasteiger partial charge in [-0.1, -0.05) is 18.2 Å². The average molecular weight is 492 g/mol.